The smallest absolute Gasteiger partial charge is 0.248 e. The Morgan fingerprint density at radius 3 is 2.24 bits per heavy atom. The zero-order chi connectivity index (χ0) is 23.9. The molecule has 0 fully saturated rings. The van der Waals surface area contributed by atoms with Gasteiger partial charge in [0.05, 0.1) is 0 Å². The monoisotopic (exact) mass is 498 g/mol. The van der Waals surface area contributed by atoms with Crippen molar-refractivity contribution in [3.8, 4) is 11.5 Å². The number of benzene rings is 3. The van der Waals surface area contributed by atoms with E-state index in [-0.39, 0.29) is 16.8 Å². The van der Waals surface area contributed by atoms with Crippen molar-refractivity contribution in [2.24, 2.45) is 0 Å². The fraction of sp³-hybridized carbons (Fsp3) is 0. The van der Waals surface area contributed by atoms with Crippen LogP contribution in [-0.2, 0) is 4.79 Å². The molecule has 1 amide bonds. The summed E-state index contributed by atoms with van der Waals surface area (Å²) < 4.78 is 73.5. The highest BCUT2D eigenvalue weighted by Gasteiger charge is 2.29. The van der Waals surface area contributed by atoms with Gasteiger partial charge < -0.3 is 9.73 Å². The number of halogens is 7. The Morgan fingerprint density at radius 2 is 1.58 bits per heavy atom. The summed E-state index contributed by atoms with van der Waals surface area (Å²) >= 11 is 11.9. The molecule has 0 saturated heterocycles. The zero-order valence-corrected chi connectivity index (χ0v) is 17.5. The average molecular weight is 499 g/mol. The summed E-state index contributed by atoms with van der Waals surface area (Å²) in [4.78, 5) is 16.0. The lowest BCUT2D eigenvalue weighted by Crippen LogP contribution is -2.07. The molecule has 0 atom stereocenters. The first-order valence-electron chi connectivity index (χ1n) is 9.02. The second-order valence-corrected chi connectivity index (χ2v) is 7.48. The van der Waals surface area contributed by atoms with E-state index in [0.717, 1.165) is 0 Å². The lowest BCUT2D eigenvalue weighted by molar-refractivity contribution is -0.111. The molecule has 33 heavy (non-hydrogen) atoms. The molecule has 0 unspecified atom stereocenters. The summed E-state index contributed by atoms with van der Waals surface area (Å²) in [6.07, 6.45) is 2.67. The summed E-state index contributed by atoms with van der Waals surface area (Å²) in [5.74, 6) is -12.0. The maximum absolute atomic E-state index is 14.0. The first-order chi connectivity index (χ1) is 15.7. The molecule has 0 saturated carbocycles. The van der Waals surface area contributed by atoms with Crippen LogP contribution in [0.2, 0.25) is 10.0 Å². The summed E-state index contributed by atoms with van der Waals surface area (Å²) in [5, 5.41) is 3.32. The average Bonchev–Trinajstić information content (AvgIpc) is 3.18. The maximum atomic E-state index is 14.0. The zero-order valence-electron chi connectivity index (χ0n) is 16.0. The van der Waals surface area contributed by atoms with Crippen LogP contribution in [0, 0.1) is 29.1 Å². The van der Waals surface area contributed by atoms with Gasteiger partial charge in [-0.2, -0.15) is 0 Å². The number of carbonyl (C=O) groups is 1. The van der Waals surface area contributed by atoms with Crippen LogP contribution in [0.5, 0.6) is 0 Å². The minimum absolute atomic E-state index is 0.00423. The number of fused-ring (bicyclic) bond motifs is 1. The van der Waals surface area contributed by atoms with Crippen molar-refractivity contribution in [3.63, 3.8) is 0 Å². The largest absolute Gasteiger partial charge is 0.436 e. The van der Waals surface area contributed by atoms with Gasteiger partial charge in [-0.3, -0.25) is 4.79 Å². The lowest BCUT2D eigenvalue weighted by atomic mass is 10.1. The normalized spacial score (nSPS) is 11.5. The van der Waals surface area contributed by atoms with E-state index < -0.39 is 46.4 Å². The minimum Gasteiger partial charge on any atom is -0.436 e. The van der Waals surface area contributed by atoms with Gasteiger partial charge in [0.1, 0.15) is 11.1 Å². The van der Waals surface area contributed by atoms with E-state index in [1.165, 1.54) is 36.4 Å². The van der Waals surface area contributed by atoms with Crippen LogP contribution in [0.15, 0.2) is 46.9 Å². The van der Waals surface area contributed by atoms with Crippen LogP contribution in [-0.4, -0.2) is 10.9 Å². The van der Waals surface area contributed by atoms with Crippen molar-refractivity contribution >= 4 is 52.0 Å². The maximum Gasteiger partial charge on any atom is 0.248 e. The Labute approximate surface area is 192 Å². The van der Waals surface area contributed by atoms with Crippen molar-refractivity contribution in [3.05, 3.63) is 87.2 Å². The first kappa shape index (κ1) is 22.8. The van der Waals surface area contributed by atoms with Crippen LogP contribution in [0.1, 0.15) is 5.56 Å². The van der Waals surface area contributed by atoms with E-state index in [9.17, 15) is 26.7 Å². The summed E-state index contributed by atoms with van der Waals surface area (Å²) in [6, 6.07) is 8.75. The molecule has 4 rings (SSSR count). The number of rotatable bonds is 4. The number of anilines is 1. The molecular weight excluding hydrogens is 490 g/mol. The first-order valence-corrected chi connectivity index (χ1v) is 9.78. The van der Waals surface area contributed by atoms with Crippen LogP contribution in [0.3, 0.4) is 0 Å². The number of carbonyl (C=O) groups excluding carboxylic acids is 1. The highest BCUT2D eigenvalue weighted by Crippen LogP contribution is 2.33. The molecule has 1 heterocycles. The summed E-state index contributed by atoms with van der Waals surface area (Å²) in [6.45, 7) is 0. The van der Waals surface area contributed by atoms with Crippen molar-refractivity contribution in [1.29, 1.82) is 0 Å². The predicted octanol–water partition coefficient (Wildman–Crippen LogP) is 7.15. The molecule has 1 N–H and O–H groups in total. The van der Waals surface area contributed by atoms with Gasteiger partial charge in [-0.1, -0.05) is 29.3 Å². The van der Waals surface area contributed by atoms with Crippen LogP contribution in [0.4, 0.5) is 27.6 Å². The number of nitrogens with zero attached hydrogens (tertiary/aromatic N) is 1. The van der Waals surface area contributed by atoms with Gasteiger partial charge >= 0.3 is 0 Å². The highest BCUT2D eigenvalue weighted by molar-refractivity contribution is 6.35. The SMILES string of the molecule is O=C(C=Cc1ccc(Cl)cc1Cl)Nc1ccc2oc(-c3c(F)c(F)c(F)c(F)c3F)nc2c1. The quantitative estimate of drug-likeness (QED) is 0.141. The number of nitrogens with one attached hydrogen (secondary N) is 1. The van der Waals surface area contributed by atoms with Gasteiger partial charge in [0.15, 0.2) is 28.9 Å². The Kier molecular flexibility index (Phi) is 6.09. The molecular formula is C22H9Cl2F5N2O2. The number of hydrogen-bond donors (Lipinski definition) is 1. The van der Waals surface area contributed by atoms with E-state index in [0.29, 0.717) is 15.6 Å². The number of hydrogen-bond acceptors (Lipinski definition) is 3. The van der Waals surface area contributed by atoms with Crippen molar-refractivity contribution < 1.29 is 31.2 Å². The van der Waals surface area contributed by atoms with Gasteiger partial charge in [0, 0.05) is 21.8 Å². The molecule has 0 aliphatic heterocycles. The van der Waals surface area contributed by atoms with Crippen LogP contribution < -0.4 is 5.32 Å². The molecule has 3 aromatic carbocycles. The molecule has 1 aromatic heterocycles. The van der Waals surface area contributed by atoms with Gasteiger partial charge in [-0.05, 0) is 42.0 Å². The Balaban J connectivity index is 1.60. The number of aromatic nitrogens is 1. The van der Waals surface area contributed by atoms with Gasteiger partial charge in [0.2, 0.25) is 17.6 Å². The van der Waals surface area contributed by atoms with E-state index in [2.05, 4.69) is 10.3 Å². The molecule has 0 spiro atoms. The number of amides is 1. The third kappa shape index (κ3) is 4.42. The Morgan fingerprint density at radius 1 is 0.909 bits per heavy atom. The van der Waals surface area contributed by atoms with E-state index in [1.807, 2.05) is 0 Å². The van der Waals surface area contributed by atoms with E-state index in [4.69, 9.17) is 27.6 Å². The molecule has 0 aliphatic rings. The Hall–Kier alpha value is -3.43. The van der Waals surface area contributed by atoms with Crippen molar-refractivity contribution in [1.82, 2.24) is 4.98 Å². The molecule has 4 aromatic rings. The fourth-order valence-electron chi connectivity index (χ4n) is 2.89. The van der Waals surface area contributed by atoms with Gasteiger partial charge in [-0.25, -0.2) is 26.9 Å². The third-order valence-electron chi connectivity index (χ3n) is 4.46. The van der Waals surface area contributed by atoms with Crippen LogP contribution in [0.25, 0.3) is 28.6 Å². The summed E-state index contributed by atoms with van der Waals surface area (Å²) in [5.41, 5.74) is -0.505. The van der Waals surface area contributed by atoms with E-state index in [1.54, 1.807) is 12.1 Å². The van der Waals surface area contributed by atoms with Crippen molar-refractivity contribution in [2.45, 2.75) is 0 Å². The third-order valence-corrected chi connectivity index (χ3v) is 5.02. The molecule has 0 radical (unpaired) electrons. The predicted molar refractivity (Wildman–Crippen MR) is 113 cm³/mol. The lowest BCUT2D eigenvalue weighted by Gasteiger charge is -2.04. The van der Waals surface area contributed by atoms with Crippen LogP contribution >= 0.6 is 23.2 Å². The second-order valence-electron chi connectivity index (χ2n) is 6.63. The minimum atomic E-state index is -2.29. The van der Waals surface area contributed by atoms with Gasteiger partial charge in [-0.15, -0.1) is 0 Å². The van der Waals surface area contributed by atoms with Gasteiger partial charge in [0.25, 0.3) is 0 Å². The molecule has 11 heteroatoms. The molecule has 4 nitrogen and oxygen atoms in total. The number of oxazole rings is 1. The second kappa shape index (κ2) is 8.84. The molecule has 0 bridgehead atoms. The molecule has 168 valence electrons. The summed E-state index contributed by atoms with van der Waals surface area (Å²) in [7, 11) is 0. The molecule has 0 aliphatic carbocycles. The topological polar surface area (TPSA) is 55.1 Å². The van der Waals surface area contributed by atoms with E-state index >= 15 is 0 Å². The Bertz CT molecular complexity index is 1420. The highest BCUT2D eigenvalue weighted by atomic mass is 35.5. The fourth-order valence-corrected chi connectivity index (χ4v) is 3.36. The standard InChI is InChI=1S/C22H9Cl2F5N2O2/c23-10-3-1-9(12(24)7-10)2-6-15(32)30-11-4-5-14-13(8-11)31-22(33-14)16-17(25)19(27)21(29)20(28)18(16)26/h1-8H,(H,30,32). The van der Waals surface area contributed by atoms with Crippen molar-refractivity contribution in [2.75, 3.05) is 5.32 Å².